The monoisotopic (exact) mass is 504 g/mol. The van der Waals surface area contributed by atoms with E-state index in [0.29, 0.717) is 36.3 Å². The Morgan fingerprint density at radius 3 is 2.22 bits per heavy atom. The summed E-state index contributed by atoms with van der Waals surface area (Å²) in [7, 11) is 0. The summed E-state index contributed by atoms with van der Waals surface area (Å²) in [6.07, 6.45) is 4.97. The minimum absolute atomic E-state index is 0.135. The second kappa shape index (κ2) is 10.2. The lowest BCUT2D eigenvalue weighted by Gasteiger charge is -2.29. The second-order valence-electron chi connectivity index (χ2n) is 8.73. The summed E-state index contributed by atoms with van der Waals surface area (Å²) in [4.78, 5) is 43.4. The predicted molar refractivity (Wildman–Crippen MR) is 139 cm³/mol. The molecule has 0 spiro atoms. The van der Waals surface area contributed by atoms with Crippen molar-refractivity contribution in [3.63, 3.8) is 0 Å². The summed E-state index contributed by atoms with van der Waals surface area (Å²) in [6, 6.07) is 15.2. The molecule has 0 saturated carbocycles. The number of hydrogen-bond acceptors (Lipinski definition) is 6. The van der Waals surface area contributed by atoms with Crippen LogP contribution in [0.1, 0.15) is 52.7 Å². The van der Waals surface area contributed by atoms with E-state index in [9.17, 15) is 14.4 Å². The third kappa shape index (κ3) is 4.39. The van der Waals surface area contributed by atoms with Gasteiger partial charge in [0.25, 0.3) is 5.91 Å². The average Bonchev–Trinajstić information content (AvgIpc) is 3.30. The zero-order valence-corrected chi connectivity index (χ0v) is 21.2. The SMILES string of the molecule is CCOC(=O)c1nn(-c2ccc(SC)cc2)c2c1CCN(c1ccc(N3CCCCC3=O)cc1)C2=O. The van der Waals surface area contributed by atoms with Crippen molar-refractivity contribution in [1.82, 2.24) is 9.78 Å². The van der Waals surface area contributed by atoms with E-state index in [1.807, 2.05) is 59.7 Å². The molecule has 0 atom stereocenters. The van der Waals surface area contributed by atoms with E-state index in [-0.39, 0.29) is 24.1 Å². The molecule has 1 fully saturated rings. The van der Waals surface area contributed by atoms with Crippen LogP contribution in [0, 0.1) is 0 Å². The van der Waals surface area contributed by atoms with E-state index in [4.69, 9.17) is 4.74 Å². The number of hydrogen-bond donors (Lipinski definition) is 0. The summed E-state index contributed by atoms with van der Waals surface area (Å²) < 4.78 is 6.79. The standard InChI is InChI=1S/C27H28N4O4S/c1-3-35-27(34)24-22-15-17-30(19-9-7-18(8-10-19)29-16-5-4-6-23(29)32)26(33)25(22)31(28-24)20-11-13-21(36-2)14-12-20/h7-14H,3-6,15-17H2,1-2H3. The van der Waals surface area contributed by atoms with Gasteiger partial charge in [-0.3, -0.25) is 9.59 Å². The molecule has 2 aromatic carbocycles. The molecule has 0 unspecified atom stereocenters. The van der Waals surface area contributed by atoms with Crippen LogP contribution < -0.4 is 9.80 Å². The van der Waals surface area contributed by atoms with Crippen LogP contribution in [0.25, 0.3) is 5.69 Å². The summed E-state index contributed by atoms with van der Waals surface area (Å²) in [5, 5.41) is 4.54. The molecule has 2 amide bonds. The van der Waals surface area contributed by atoms with Crippen molar-refractivity contribution in [3.05, 3.63) is 65.5 Å². The van der Waals surface area contributed by atoms with Crippen LogP contribution in [0.3, 0.4) is 0 Å². The quantitative estimate of drug-likeness (QED) is 0.363. The average molecular weight is 505 g/mol. The third-order valence-electron chi connectivity index (χ3n) is 6.60. The van der Waals surface area contributed by atoms with Gasteiger partial charge in [0.1, 0.15) is 5.69 Å². The number of carbonyl (C=O) groups is 3. The number of rotatable bonds is 6. The first-order valence-electron chi connectivity index (χ1n) is 12.2. The molecule has 9 heteroatoms. The Labute approximate surface area is 214 Å². The highest BCUT2D eigenvalue weighted by Crippen LogP contribution is 2.31. The fourth-order valence-corrected chi connectivity index (χ4v) is 5.18. The minimum Gasteiger partial charge on any atom is -0.461 e. The normalized spacial score (nSPS) is 15.7. The van der Waals surface area contributed by atoms with Crippen molar-refractivity contribution in [1.29, 1.82) is 0 Å². The maximum absolute atomic E-state index is 13.8. The van der Waals surface area contributed by atoms with E-state index in [0.717, 1.165) is 35.7 Å². The maximum atomic E-state index is 13.8. The van der Waals surface area contributed by atoms with Crippen molar-refractivity contribution < 1.29 is 19.1 Å². The fourth-order valence-electron chi connectivity index (χ4n) is 4.77. The molecular formula is C27H28N4O4S. The van der Waals surface area contributed by atoms with Gasteiger partial charge in [-0.05, 0) is 81.0 Å². The number of amides is 2. The van der Waals surface area contributed by atoms with Crippen LogP contribution in [-0.2, 0) is 16.0 Å². The zero-order chi connectivity index (χ0) is 25.2. The van der Waals surface area contributed by atoms with E-state index < -0.39 is 5.97 Å². The molecule has 0 aliphatic carbocycles. The van der Waals surface area contributed by atoms with Crippen LogP contribution in [0.2, 0.25) is 0 Å². The van der Waals surface area contributed by atoms with Gasteiger partial charge in [0, 0.05) is 41.3 Å². The van der Waals surface area contributed by atoms with Gasteiger partial charge < -0.3 is 14.5 Å². The van der Waals surface area contributed by atoms with Gasteiger partial charge >= 0.3 is 5.97 Å². The van der Waals surface area contributed by atoms with Crippen molar-refractivity contribution in [2.45, 2.75) is 37.5 Å². The highest BCUT2D eigenvalue weighted by atomic mass is 32.2. The number of fused-ring (bicyclic) bond motifs is 1. The van der Waals surface area contributed by atoms with Gasteiger partial charge in [-0.1, -0.05) is 0 Å². The van der Waals surface area contributed by atoms with Gasteiger partial charge in [0.05, 0.1) is 12.3 Å². The smallest absolute Gasteiger partial charge is 0.359 e. The Bertz CT molecular complexity index is 1300. The van der Waals surface area contributed by atoms with Crippen molar-refractivity contribution in [2.75, 3.05) is 35.8 Å². The number of nitrogens with zero attached hydrogens (tertiary/aromatic N) is 4. The number of anilines is 2. The van der Waals surface area contributed by atoms with Crippen LogP contribution >= 0.6 is 11.8 Å². The number of piperidine rings is 1. The molecule has 2 aliphatic rings. The first kappa shape index (κ1) is 24.1. The molecule has 1 aromatic heterocycles. The third-order valence-corrected chi connectivity index (χ3v) is 7.34. The van der Waals surface area contributed by atoms with Gasteiger partial charge in [0.15, 0.2) is 5.69 Å². The van der Waals surface area contributed by atoms with Crippen molar-refractivity contribution in [2.24, 2.45) is 0 Å². The van der Waals surface area contributed by atoms with Crippen LogP contribution in [-0.4, -0.2) is 53.5 Å². The molecular weight excluding hydrogens is 476 g/mol. The van der Waals surface area contributed by atoms with Gasteiger partial charge in [-0.15, -0.1) is 11.8 Å². The fraction of sp³-hybridized carbons (Fsp3) is 0.333. The van der Waals surface area contributed by atoms with Gasteiger partial charge in [-0.2, -0.15) is 5.10 Å². The van der Waals surface area contributed by atoms with E-state index in [1.54, 1.807) is 28.3 Å². The van der Waals surface area contributed by atoms with Crippen LogP contribution in [0.4, 0.5) is 11.4 Å². The van der Waals surface area contributed by atoms with Crippen molar-refractivity contribution >= 4 is 40.9 Å². The number of esters is 1. The van der Waals surface area contributed by atoms with E-state index in [2.05, 4.69) is 5.10 Å². The molecule has 2 aliphatic heterocycles. The van der Waals surface area contributed by atoms with Crippen LogP contribution in [0.5, 0.6) is 0 Å². The number of thioether (sulfide) groups is 1. The molecule has 8 nitrogen and oxygen atoms in total. The molecule has 3 aromatic rings. The first-order valence-corrected chi connectivity index (χ1v) is 13.4. The van der Waals surface area contributed by atoms with E-state index >= 15 is 0 Å². The summed E-state index contributed by atoms with van der Waals surface area (Å²) in [5.41, 5.74) is 3.45. The van der Waals surface area contributed by atoms with Crippen molar-refractivity contribution in [3.8, 4) is 5.69 Å². The molecule has 186 valence electrons. The van der Waals surface area contributed by atoms with Gasteiger partial charge in [-0.25, -0.2) is 9.48 Å². The second-order valence-corrected chi connectivity index (χ2v) is 9.61. The zero-order valence-electron chi connectivity index (χ0n) is 20.4. The predicted octanol–water partition coefficient (Wildman–Crippen LogP) is 4.49. The molecule has 0 bridgehead atoms. The molecule has 5 rings (SSSR count). The number of benzene rings is 2. The number of aromatic nitrogens is 2. The highest BCUT2D eigenvalue weighted by Gasteiger charge is 2.35. The molecule has 0 N–H and O–H groups in total. The highest BCUT2D eigenvalue weighted by molar-refractivity contribution is 7.98. The Balaban J connectivity index is 1.50. The van der Waals surface area contributed by atoms with E-state index in [1.165, 1.54) is 0 Å². The Hall–Kier alpha value is -3.59. The molecule has 1 saturated heterocycles. The first-order chi connectivity index (χ1) is 17.5. The lowest BCUT2D eigenvalue weighted by Crippen LogP contribution is -2.39. The number of ether oxygens (including phenoxy) is 1. The summed E-state index contributed by atoms with van der Waals surface area (Å²) in [5.74, 6) is -0.615. The summed E-state index contributed by atoms with van der Waals surface area (Å²) >= 11 is 1.62. The lowest BCUT2D eigenvalue weighted by molar-refractivity contribution is -0.119. The molecule has 3 heterocycles. The minimum atomic E-state index is -0.523. The Morgan fingerprint density at radius 1 is 0.917 bits per heavy atom. The van der Waals surface area contributed by atoms with Crippen LogP contribution in [0.15, 0.2) is 53.4 Å². The Kier molecular flexibility index (Phi) is 6.82. The molecule has 36 heavy (non-hydrogen) atoms. The Morgan fingerprint density at radius 2 is 1.58 bits per heavy atom. The maximum Gasteiger partial charge on any atom is 0.359 e. The lowest BCUT2D eigenvalue weighted by atomic mass is 10.0. The molecule has 0 radical (unpaired) electrons. The summed E-state index contributed by atoms with van der Waals surface area (Å²) in [6.45, 7) is 3.11. The largest absolute Gasteiger partial charge is 0.461 e. The topological polar surface area (TPSA) is 84.7 Å². The number of carbonyl (C=O) groups excluding carboxylic acids is 3. The van der Waals surface area contributed by atoms with Gasteiger partial charge in [0.2, 0.25) is 5.91 Å².